The number of para-hydroxylation sites is 2. The molecule has 114 valence electrons. The van der Waals surface area contributed by atoms with Crippen molar-refractivity contribution in [3.8, 4) is 0 Å². The van der Waals surface area contributed by atoms with Crippen molar-refractivity contribution in [1.82, 2.24) is 19.7 Å². The van der Waals surface area contributed by atoms with Crippen LogP contribution in [0.2, 0.25) is 0 Å². The van der Waals surface area contributed by atoms with Crippen molar-refractivity contribution in [3.63, 3.8) is 0 Å². The molecule has 0 atom stereocenters. The average molecular weight is 304 g/mol. The summed E-state index contributed by atoms with van der Waals surface area (Å²) < 4.78 is 2.03. The zero-order chi connectivity index (χ0) is 16.0. The Morgan fingerprint density at radius 3 is 2.83 bits per heavy atom. The summed E-state index contributed by atoms with van der Waals surface area (Å²) in [5.74, 6) is -0.119. The van der Waals surface area contributed by atoms with Crippen LogP contribution in [-0.4, -0.2) is 26.3 Å². The molecule has 4 rings (SSSR count). The topological polar surface area (TPSA) is 59.3 Å². The van der Waals surface area contributed by atoms with E-state index in [1.807, 2.05) is 54.6 Å². The molecule has 0 aliphatic carbocycles. The van der Waals surface area contributed by atoms with Crippen molar-refractivity contribution >= 4 is 33.5 Å². The second-order valence-corrected chi connectivity index (χ2v) is 5.88. The molecule has 0 fully saturated rings. The summed E-state index contributed by atoms with van der Waals surface area (Å²) >= 11 is 0. The Hall–Kier alpha value is -2.95. The molecule has 5 heteroatoms. The number of pyridine rings is 2. The molecule has 0 saturated carbocycles. The van der Waals surface area contributed by atoms with E-state index >= 15 is 0 Å². The van der Waals surface area contributed by atoms with Crippen LogP contribution in [0.15, 0.2) is 48.8 Å². The van der Waals surface area contributed by atoms with Crippen LogP contribution in [0.1, 0.15) is 24.2 Å². The number of aromatic nitrogens is 3. The Labute approximate surface area is 133 Å². The summed E-state index contributed by atoms with van der Waals surface area (Å²) in [4.78, 5) is 21.5. The second-order valence-electron chi connectivity index (χ2n) is 5.88. The maximum absolute atomic E-state index is 12.6. The summed E-state index contributed by atoms with van der Waals surface area (Å²) in [5, 5.41) is 3.86. The molecule has 1 aromatic carbocycles. The van der Waals surface area contributed by atoms with Crippen LogP contribution in [0.4, 0.5) is 0 Å². The Kier molecular flexibility index (Phi) is 3.01. The van der Waals surface area contributed by atoms with E-state index in [0.29, 0.717) is 11.2 Å². The minimum atomic E-state index is -0.119. The van der Waals surface area contributed by atoms with Gasteiger partial charge in [-0.2, -0.15) is 0 Å². The molecule has 23 heavy (non-hydrogen) atoms. The van der Waals surface area contributed by atoms with Gasteiger partial charge in [0.25, 0.3) is 5.91 Å². The lowest BCUT2D eigenvalue weighted by Gasteiger charge is -2.11. The third-order valence-corrected chi connectivity index (χ3v) is 3.83. The molecule has 0 aliphatic heterocycles. The van der Waals surface area contributed by atoms with Crippen molar-refractivity contribution in [2.75, 3.05) is 0 Å². The Morgan fingerprint density at radius 2 is 2.00 bits per heavy atom. The number of carbonyl (C=O) groups is 1. The molecule has 0 spiro atoms. The van der Waals surface area contributed by atoms with E-state index in [0.717, 1.165) is 21.9 Å². The van der Waals surface area contributed by atoms with Crippen LogP contribution in [0.25, 0.3) is 27.6 Å². The maximum atomic E-state index is 12.6. The molecule has 1 N–H and O–H groups in total. The highest BCUT2D eigenvalue weighted by Crippen LogP contribution is 2.25. The van der Waals surface area contributed by atoms with Gasteiger partial charge in [0.15, 0.2) is 5.65 Å². The maximum Gasteiger partial charge on any atom is 0.255 e. The van der Waals surface area contributed by atoms with E-state index < -0.39 is 0 Å². The molecule has 5 nitrogen and oxygen atoms in total. The minimum Gasteiger partial charge on any atom is -0.350 e. The number of fused-ring (bicyclic) bond motifs is 5. The standard InChI is InChI=1S/C18H16N4O/c1-11(2)20-18(23)13-9-12-10-19-8-7-15(12)22-16-6-4-3-5-14(16)21-17(13)22/h3-11H,1-2H3,(H,20,23). The summed E-state index contributed by atoms with van der Waals surface area (Å²) in [6.45, 7) is 3.89. The number of hydrogen-bond acceptors (Lipinski definition) is 3. The fraction of sp³-hybridized carbons (Fsp3) is 0.167. The number of hydrogen-bond donors (Lipinski definition) is 1. The SMILES string of the molecule is CC(C)NC(=O)c1cc2cnccc2n2c1nc1ccccc12. The molecule has 4 aromatic rings. The molecule has 3 heterocycles. The van der Waals surface area contributed by atoms with Crippen LogP contribution >= 0.6 is 0 Å². The first-order valence-corrected chi connectivity index (χ1v) is 7.60. The van der Waals surface area contributed by atoms with Crippen LogP contribution in [0.3, 0.4) is 0 Å². The highest BCUT2D eigenvalue weighted by Gasteiger charge is 2.17. The van der Waals surface area contributed by atoms with E-state index in [4.69, 9.17) is 0 Å². The predicted octanol–water partition coefficient (Wildman–Crippen LogP) is 3.17. The zero-order valence-corrected chi connectivity index (χ0v) is 12.9. The van der Waals surface area contributed by atoms with E-state index in [-0.39, 0.29) is 11.9 Å². The Bertz CT molecular complexity index is 1050. The molecule has 0 unspecified atom stereocenters. The van der Waals surface area contributed by atoms with Crippen molar-refractivity contribution in [1.29, 1.82) is 0 Å². The van der Waals surface area contributed by atoms with Crippen molar-refractivity contribution in [3.05, 3.63) is 54.4 Å². The molecule has 3 aromatic heterocycles. The first-order chi connectivity index (χ1) is 11.1. The predicted molar refractivity (Wildman–Crippen MR) is 90.6 cm³/mol. The van der Waals surface area contributed by atoms with Gasteiger partial charge >= 0.3 is 0 Å². The molecule has 0 bridgehead atoms. The Balaban J connectivity index is 2.15. The fourth-order valence-electron chi connectivity index (χ4n) is 2.89. The van der Waals surface area contributed by atoms with E-state index in [1.165, 1.54) is 0 Å². The molecule has 0 saturated heterocycles. The van der Waals surface area contributed by atoms with E-state index in [9.17, 15) is 4.79 Å². The van der Waals surface area contributed by atoms with E-state index in [1.54, 1.807) is 12.4 Å². The lowest BCUT2D eigenvalue weighted by atomic mass is 10.1. The van der Waals surface area contributed by atoms with Gasteiger partial charge in [-0.25, -0.2) is 4.98 Å². The monoisotopic (exact) mass is 304 g/mol. The third-order valence-electron chi connectivity index (χ3n) is 3.83. The van der Waals surface area contributed by atoms with Gasteiger partial charge in [-0.1, -0.05) is 12.1 Å². The Morgan fingerprint density at radius 1 is 1.17 bits per heavy atom. The number of carbonyl (C=O) groups excluding carboxylic acids is 1. The number of rotatable bonds is 2. The van der Waals surface area contributed by atoms with Gasteiger partial charge in [-0.05, 0) is 38.1 Å². The van der Waals surface area contributed by atoms with Gasteiger partial charge in [0.05, 0.1) is 22.1 Å². The van der Waals surface area contributed by atoms with Gasteiger partial charge in [-0.3, -0.25) is 14.2 Å². The summed E-state index contributed by atoms with van der Waals surface area (Å²) in [7, 11) is 0. The second kappa shape index (κ2) is 5.05. The number of nitrogens with zero attached hydrogens (tertiary/aromatic N) is 3. The normalized spacial score (nSPS) is 11.6. The van der Waals surface area contributed by atoms with Gasteiger partial charge in [0.2, 0.25) is 0 Å². The molecular formula is C18H16N4O. The molecule has 0 aliphatic rings. The number of imidazole rings is 1. The first-order valence-electron chi connectivity index (χ1n) is 7.60. The fourth-order valence-corrected chi connectivity index (χ4v) is 2.89. The summed E-state index contributed by atoms with van der Waals surface area (Å²) in [6, 6.07) is 11.8. The lowest BCUT2D eigenvalue weighted by molar-refractivity contribution is 0.0944. The largest absolute Gasteiger partial charge is 0.350 e. The number of nitrogens with one attached hydrogen (secondary N) is 1. The first kappa shape index (κ1) is 13.7. The average Bonchev–Trinajstić information content (AvgIpc) is 2.93. The highest BCUT2D eigenvalue weighted by molar-refractivity contribution is 6.05. The summed E-state index contributed by atoms with van der Waals surface area (Å²) in [6.07, 6.45) is 3.53. The molecular weight excluding hydrogens is 288 g/mol. The third kappa shape index (κ3) is 2.12. The quantitative estimate of drug-likeness (QED) is 0.619. The highest BCUT2D eigenvalue weighted by atomic mass is 16.1. The van der Waals surface area contributed by atoms with Crippen LogP contribution in [-0.2, 0) is 0 Å². The van der Waals surface area contributed by atoms with Gasteiger partial charge < -0.3 is 5.32 Å². The smallest absolute Gasteiger partial charge is 0.255 e. The van der Waals surface area contributed by atoms with Crippen LogP contribution in [0.5, 0.6) is 0 Å². The molecule has 1 amide bonds. The van der Waals surface area contributed by atoms with E-state index in [2.05, 4.69) is 15.3 Å². The van der Waals surface area contributed by atoms with Gasteiger partial charge in [-0.15, -0.1) is 0 Å². The number of amides is 1. The van der Waals surface area contributed by atoms with Crippen LogP contribution < -0.4 is 5.32 Å². The van der Waals surface area contributed by atoms with Crippen LogP contribution in [0, 0.1) is 0 Å². The van der Waals surface area contributed by atoms with Gasteiger partial charge in [0, 0.05) is 23.8 Å². The van der Waals surface area contributed by atoms with Crippen molar-refractivity contribution in [2.45, 2.75) is 19.9 Å². The van der Waals surface area contributed by atoms with Gasteiger partial charge in [0.1, 0.15) is 0 Å². The summed E-state index contributed by atoms with van der Waals surface area (Å²) in [5.41, 5.74) is 4.08. The lowest BCUT2D eigenvalue weighted by Crippen LogP contribution is -2.30. The van der Waals surface area contributed by atoms with Crippen molar-refractivity contribution < 1.29 is 4.79 Å². The zero-order valence-electron chi connectivity index (χ0n) is 12.9. The number of benzene rings is 1. The van der Waals surface area contributed by atoms with Crippen molar-refractivity contribution in [2.24, 2.45) is 0 Å². The molecule has 0 radical (unpaired) electrons. The minimum absolute atomic E-state index is 0.0662.